The quantitative estimate of drug-likeness (QED) is 0.724. The van der Waals surface area contributed by atoms with Gasteiger partial charge in [0.05, 0.1) is 0 Å². The molecule has 0 aromatic rings. The third kappa shape index (κ3) is 3.73. The average molecular weight is 211 g/mol. The lowest BCUT2D eigenvalue weighted by Gasteiger charge is -2.33. The molecule has 84 valence electrons. The van der Waals surface area contributed by atoms with Crippen molar-refractivity contribution in [3.05, 3.63) is 12.7 Å². The highest BCUT2D eigenvalue weighted by atomic mass is 16.5. The monoisotopic (exact) mass is 211 g/mol. The van der Waals surface area contributed by atoms with Gasteiger partial charge in [-0.1, -0.05) is 12.7 Å². The van der Waals surface area contributed by atoms with Crippen LogP contribution in [0.5, 0.6) is 0 Å². The van der Waals surface area contributed by atoms with Gasteiger partial charge in [-0.05, 0) is 19.8 Å². The minimum atomic E-state index is -0.438. The summed E-state index contributed by atoms with van der Waals surface area (Å²) in [6.45, 7) is 5.61. The summed E-state index contributed by atoms with van der Waals surface area (Å²) < 4.78 is 4.83. The van der Waals surface area contributed by atoms with Crippen molar-refractivity contribution in [1.82, 2.24) is 5.32 Å². The van der Waals surface area contributed by atoms with Crippen LogP contribution in [0.2, 0.25) is 0 Å². The van der Waals surface area contributed by atoms with Gasteiger partial charge in [-0.3, -0.25) is 4.79 Å². The number of nitrogens with one attached hydrogen (secondary N) is 1. The number of rotatable bonds is 3. The lowest BCUT2D eigenvalue weighted by molar-refractivity contribution is -0.121. The second kappa shape index (κ2) is 4.96. The topological polar surface area (TPSA) is 55.4 Å². The molecule has 4 nitrogen and oxygen atoms in total. The Bertz CT molecular complexity index is 263. The Balaban J connectivity index is 2.39. The number of ketones is 1. The van der Waals surface area contributed by atoms with Crippen molar-refractivity contribution in [3.8, 4) is 0 Å². The van der Waals surface area contributed by atoms with Crippen LogP contribution in [0.1, 0.15) is 32.6 Å². The van der Waals surface area contributed by atoms with Crippen LogP contribution in [0.15, 0.2) is 12.7 Å². The van der Waals surface area contributed by atoms with Crippen LogP contribution in [0.3, 0.4) is 0 Å². The number of Topliss-reactive ketones (excluding diaryl/α,β-unsaturated/α-hetero) is 1. The fourth-order valence-corrected chi connectivity index (χ4v) is 1.62. The maximum Gasteiger partial charge on any atom is 0.407 e. The van der Waals surface area contributed by atoms with Crippen molar-refractivity contribution < 1.29 is 14.3 Å². The molecule has 1 amide bonds. The molecule has 0 aliphatic heterocycles. The van der Waals surface area contributed by atoms with Crippen LogP contribution in [0.25, 0.3) is 0 Å². The van der Waals surface area contributed by atoms with Gasteiger partial charge >= 0.3 is 6.09 Å². The summed E-state index contributed by atoms with van der Waals surface area (Å²) in [5.41, 5.74) is -0.299. The average Bonchev–Trinajstić information content (AvgIpc) is 2.20. The fourth-order valence-electron chi connectivity index (χ4n) is 1.62. The standard InChI is InChI=1S/C11H17NO3/c1-3-8-15-10(14)12-11(2)6-4-9(13)5-7-11/h3H,1,4-8H2,2H3,(H,12,14). The Kier molecular flexibility index (Phi) is 3.88. The molecule has 1 N–H and O–H groups in total. The smallest absolute Gasteiger partial charge is 0.407 e. The van der Waals surface area contributed by atoms with E-state index in [-0.39, 0.29) is 17.9 Å². The van der Waals surface area contributed by atoms with Crippen LogP contribution < -0.4 is 5.32 Å². The summed E-state index contributed by atoms with van der Waals surface area (Å²) in [5, 5.41) is 2.79. The molecule has 4 heteroatoms. The van der Waals surface area contributed by atoms with Gasteiger partial charge in [-0.2, -0.15) is 0 Å². The van der Waals surface area contributed by atoms with E-state index in [4.69, 9.17) is 4.74 Å². The molecule has 15 heavy (non-hydrogen) atoms. The van der Waals surface area contributed by atoms with Crippen molar-refractivity contribution in [3.63, 3.8) is 0 Å². The maximum atomic E-state index is 11.3. The van der Waals surface area contributed by atoms with E-state index in [0.717, 1.165) is 0 Å². The predicted octanol–water partition coefficient (Wildman–Crippen LogP) is 1.80. The van der Waals surface area contributed by atoms with E-state index in [2.05, 4.69) is 11.9 Å². The first kappa shape index (κ1) is 11.8. The van der Waals surface area contributed by atoms with Crippen LogP contribution in [0, 0.1) is 0 Å². The third-order valence-corrected chi connectivity index (χ3v) is 2.65. The summed E-state index contributed by atoms with van der Waals surface area (Å²) in [7, 11) is 0. The number of ether oxygens (including phenoxy) is 1. The highest BCUT2D eigenvalue weighted by Gasteiger charge is 2.31. The van der Waals surface area contributed by atoms with Gasteiger partial charge in [0.15, 0.2) is 0 Å². The molecule has 0 spiro atoms. The lowest BCUT2D eigenvalue weighted by atomic mass is 9.83. The number of hydrogen-bond acceptors (Lipinski definition) is 3. The molecule has 0 saturated heterocycles. The highest BCUT2D eigenvalue weighted by molar-refractivity contribution is 5.80. The minimum absolute atomic E-state index is 0.209. The van der Waals surface area contributed by atoms with Gasteiger partial charge in [0.25, 0.3) is 0 Å². The first-order valence-electron chi connectivity index (χ1n) is 5.13. The second-order valence-corrected chi connectivity index (χ2v) is 4.11. The Hall–Kier alpha value is -1.32. The minimum Gasteiger partial charge on any atom is -0.445 e. The number of hydrogen-bond donors (Lipinski definition) is 1. The molecule has 0 atom stereocenters. The first-order valence-corrected chi connectivity index (χ1v) is 5.13. The number of carbonyl (C=O) groups is 2. The predicted molar refractivity (Wildman–Crippen MR) is 56.6 cm³/mol. The first-order chi connectivity index (χ1) is 7.06. The summed E-state index contributed by atoms with van der Waals surface area (Å²) >= 11 is 0. The Morgan fingerprint density at radius 3 is 2.73 bits per heavy atom. The van der Waals surface area contributed by atoms with E-state index >= 15 is 0 Å². The van der Waals surface area contributed by atoms with Gasteiger partial charge in [-0.15, -0.1) is 0 Å². The van der Waals surface area contributed by atoms with E-state index in [1.54, 1.807) is 0 Å². The molecule has 1 fully saturated rings. The number of amides is 1. The summed E-state index contributed by atoms with van der Waals surface area (Å²) in [4.78, 5) is 22.3. The molecule has 0 unspecified atom stereocenters. The molecule has 1 aliphatic carbocycles. The lowest BCUT2D eigenvalue weighted by Crippen LogP contribution is -2.48. The molecular formula is C11H17NO3. The normalized spacial score (nSPS) is 19.4. The SMILES string of the molecule is C=CCOC(=O)NC1(C)CCC(=O)CC1. The third-order valence-electron chi connectivity index (χ3n) is 2.65. The molecular weight excluding hydrogens is 194 g/mol. The van der Waals surface area contributed by atoms with Gasteiger partial charge in [-0.25, -0.2) is 4.79 Å². The molecule has 0 bridgehead atoms. The van der Waals surface area contributed by atoms with Gasteiger partial charge < -0.3 is 10.1 Å². The molecule has 0 aromatic carbocycles. The molecule has 0 heterocycles. The van der Waals surface area contributed by atoms with Crippen LogP contribution in [0.4, 0.5) is 4.79 Å². The van der Waals surface area contributed by atoms with Gasteiger partial charge in [0.2, 0.25) is 0 Å². The van der Waals surface area contributed by atoms with Crippen LogP contribution >= 0.6 is 0 Å². The zero-order valence-corrected chi connectivity index (χ0v) is 9.04. The van der Waals surface area contributed by atoms with E-state index < -0.39 is 6.09 Å². The largest absolute Gasteiger partial charge is 0.445 e. The molecule has 0 radical (unpaired) electrons. The zero-order chi connectivity index (χ0) is 11.3. The van der Waals surface area contributed by atoms with E-state index in [1.165, 1.54) is 6.08 Å². The van der Waals surface area contributed by atoms with Crippen molar-refractivity contribution in [1.29, 1.82) is 0 Å². The number of alkyl carbamates (subject to hydrolysis) is 1. The van der Waals surface area contributed by atoms with Gasteiger partial charge in [0, 0.05) is 18.4 Å². The molecule has 1 saturated carbocycles. The van der Waals surface area contributed by atoms with Crippen molar-refractivity contribution >= 4 is 11.9 Å². The highest BCUT2D eigenvalue weighted by Crippen LogP contribution is 2.25. The second-order valence-electron chi connectivity index (χ2n) is 4.11. The summed E-state index contributed by atoms with van der Waals surface area (Å²) in [6, 6.07) is 0. The summed E-state index contributed by atoms with van der Waals surface area (Å²) in [5.74, 6) is 0.272. The summed E-state index contributed by atoms with van der Waals surface area (Å²) in [6.07, 6.45) is 3.54. The van der Waals surface area contributed by atoms with Crippen LogP contribution in [-0.2, 0) is 9.53 Å². The fraction of sp³-hybridized carbons (Fsp3) is 0.636. The zero-order valence-electron chi connectivity index (χ0n) is 9.04. The molecule has 1 rings (SSSR count). The van der Waals surface area contributed by atoms with Crippen LogP contribution in [-0.4, -0.2) is 24.0 Å². The van der Waals surface area contributed by atoms with E-state index in [9.17, 15) is 9.59 Å². The maximum absolute atomic E-state index is 11.3. The van der Waals surface area contributed by atoms with Crippen molar-refractivity contribution in [2.24, 2.45) is 0 Å². The Morgan fingerprint density at radius 1 is 1.60 bits per heavy atom. The van der Waals surface area contributed by atoms with Gasteiger partial charge in [0.1, 0.15) is 12.4 Å². The molecule has 0 aromatic heterocycles. The number of carbonyl (C=O) groups excluding carboxylic acids is 2. The Morgan fingerprint density at radius 2 is 2.20 bits per heavy atom. The van der Waals surface area contributed by atoms with Crippen molar-refractivity contribution in [2.45, 2.75) is 38.1 Å². The van der Waals surface area contributed by atoms with E-state index in [0.29, 0.717) is 25.7 Å². The van der Waals surface area contributed by atoms with Crippen molar-refractivity contribution in [2.75, 3.05) is 6.61 Å². The Labute approximate surface area is 89.7 Å². The molecule has 1 aliphatic rings. The van der Waals surface area contributed by atoms with E-state index in [1.807, 2.05) is 6.92 Å².